The van der Waals surface area contributed by atoms with Crippen LogP contribution in [0.25, 0.3) is 11.0 Å². The van der Waals surface area contributed by atoms with Gasteiger partial charge in [0.05, 0.1) is 12.2 Å². The Balaban J connectivity index is 2.11. The van der Waals surface area contributed by atoms with Crippen molar-refractivity contribution in [2.45, 2.75) is 12.3 Å². The fraction of sp³-hybridized carbons (Fsp3) is 0.308. The Kier molecular flexibility index (Phi) is 2.37. The number of carboxylic acids is 1. The van der Waals surface area contributed by atoms with E-state index in [9.17, 15) is 4.79 Å². The number of aromatic carboxylic acids is 1. The second kappa shape index (κ2) is 3.89. The predicted molar refractivity (Wildman–Crippen MR) is 61.4 cm³/mol. The van der Waals surface area contributed by atoms with E-state index >= 15 is 0 Å². The Morgan fingerprint density at radius 3 is 3.00 bits per heavy atom. The first-order valence-electron chi connectivity index (χ1n) is 5.59. The molecule has 1 N–H and O–H groups in total. The van der Waals surface area contributed by atoms with Crippen LogP contribution < -0.4 is 0 Å². The average Bonchev–Trinajstić information content (AvgIpc) is 2.96. The zero-order chi connectivity index (χ0) is 11.8. The van der Waals surface area contributed by atoms with Gasteiger partial charge in [0.1, 0.15) is 11.3 Å². The Hall–Kier alpha value is -1.81. The highest BCUT2D eigenvalue weighted by Gasteiger charge is 2.22. The molecule has 88 valence electrons. The molecule has 1 unspecified atom stereocenters. The lowest BCUT2D eigenvalue weighted by Gasteiger charge is -2.00. The van der Waals surface area contributed by atoms with Crippen molar-refractivity contribution in [2.75, 3.05) is 13.2 Å². The van der Waals surface area contributed by atoms with E-state index in [1.54, 1.807) is 18.2 Å². The van der Waals surface area contributed by atoms with Crippen LogP contribution in [0.3, 0.4) is 0 Å². The molecule has 4 nitrogen and oxygen atoms in total. The number of hydrogen-bond acceptors (Lipinski definition) is 3. The summed E-state index contributed by atoms with van der Waals surface area (Å²) in [5.74, 6) is 0.154. The minimum atomic E-state index is -0.925. The van der Waals surface area contributed by atoms with Crippen LogP contribution in [0.1, 0.15) is 28.5 Å². The third-order valence-electron chi connectivity index (χ3n) is 3.14. The predicted octanol–water partition coefficient (Wildman–Crippen LogP) is 2.63. The largest absolute Gasteiger partial charge is 0.478 e. The van der Waals surface area contributed by atoms with Gasteiger partial charge >= 0.3 is 5.97 Å². The maximum Gasteiger partial charge on any atom is 0.336 e. The highest BCUT2D eigenvalue weighted by Crippen LogP contribution is 2.31. The van der Waals surface area contributed by atoms with Crippen LogP contribution >= 0.6 is 0 Å². The molecule has 2 aromatic rings. The van der Waals surface area contributed by atoms with Crippen molar-refractivity contribution in [1.29, 1.82) is 0 Å². The van der Waals surface area contributed by atoms with Crippen molar-refractivity contribution in [1.82, 2.24) is 0 Å². The van der Waals surface area contributed by atoms with Crippen LogP contribution in [0.5, 0.6) is 0 Å². The van der Waals surface area contributed by atoms with Crippen molar-refractivity contribution in [3.05, 3.63) is 35.6 Å². The van der Waals surface area contributed by atoms with E-state index < -0.39 is 5.97 Å². The summed E-state index contributed by atoms with van der Waals surface area (Å²) in [5, 5.41) is 9.76. The topological polar surface area (TPSA) is 59.7 Å². The summed E-state index contributed by atoms with van der Waals surface area (Å²) in [6, 6.07) is 6.92. The highest BCUT2D eigenvalue weighted by molar-refractivity contribution is 6.02. The molecular formula is C13H12O4. The van der Waals surface area contributed by atoms with Gasteiger partial charge in [0.25, 0.3) is 0 Å². The number of rotatable bonds is 2. The van der Waals surface area contributed by atoms with E-state index in [-0.39, 0.29) is 11.5 Å². The van der Waals surface area contributed by atoms with Crippen molar-refractivity contribution in [2.24, 2.45) is 0 Å². The highest BCUT2D eigenvalue weighted by atomic mass is 16.5. The molecule has 0 aliphatic carbocycles. The zero-order valence-electron chi connectivity index (χ0n) is 9.18. The second-order valence-electron chi connectivity index (χ2n) is 4.23. The quantitative estimate of drug-likeness (QED) is 0.864. The molecule has 1 aliphatic heterocycles. The van der Waals surface area contributed by atoms with Gasteiger partial charge < -0.3 is 14.3 Å². The van der Waals surface area contributed by atoms with Crippen molar-refractivity contribution in [3.8, 4) is 0 Å². The molecule has 0 spiro atoms. The molecule has 4 heteroatoms. The lowest BCUT2D eigenvalue weighted by Crippen LogP contribution is -1.96. The molecule has 0 bridgehead atoms. The van der Waals surface area contributed by atoms with E-state index in [4.69, 9.17) is 14.3 Å². The van der Waals surface area contributed by atoms with Crippen molar-refractivity contribution in [3.63, 3.8) is 0 Å². The van der Waals surface area contributed by atoms with Crippen LogP contribution in [-0.2, 0) is 4.74 Å². The number of hydrogen-bond donors (Lipinski definition) is 1. The van der Waals surface area contributed by atoms with E-state index in [1.807, 2.05) is 6.07 Å². The van der Waals surface area contributed by atoms with E-state index in [0.29, 0.717) is 17.6 Å². The number of carboxylic acid groups (broad SMARTS) is 1. The Morgan fingerprint density at radius 1 is 1.41 bits per heavy atom. The van der Waals surface area contributed by atoms with Gasteiger partial charge in [-0.05, 0) is 24.6 Å². The molecule has 1 saturated heterocycles. The SMILES string of the molecule is O=C(O)c1cccc2oc(C3CCOC3)cc12. The average molecular weight is 232 g/mol. The maximum absolute atomic E-state index is 11.1. The summed E-state index contributed by atoms with van der Waals surface area (Å²) < 4.78 is 11.0. The summed E-state index contributed by atoms with van der Waals surface area (Å²) in [5.41, 5.74) is 0.920. The van der Waals surface area contributed by atoms with Gasteiger partial charge in [-0.2, -0.15) is 0 Å². The van der Waals surface area contributed by atoms with E-state index in [1.165, 1.54) is 0 Å². The molecule has 1 atom stereocenters. The van der Waals surface area contributed by atoms with Crippen LogP contribution in [0.15, 0.2) is 28.7 Å². The van der Waals surface area contributed by atoms with Crippen molar-refractivity contribution >= 4 is 16.9 Å². The lowest BCUT2D eigenvalue weighted by molar-refractivity contribution is 0.0699. The van der Waals surface area contributed by atoms with Crippen molar-refractivity contribution < 1.29 is 19.1 Å². The Labute approximate surface area is 97.8 Å². The summed E-state index contributed by atoms with van der Waals surface area (Å²) in [4.78, 5) is 11.1. The number of carbonyl (C=O) groups is 1. The number of fused-ring (bicyclic) bond motifs is 1. The molecular weight excluding hydrogens is 220 g/mol. The number of benzene rings is 1. The van der Waals surface area contributed by atoms with Gasteiger partial charge in [0.2, 0.25) is 0 Å². The first-order valence-corrected chi connectivity index (χ1v) is 5.59. The van der Waals surface area contributed by atoms with Gasteiger partial charge in [-0.3, -0.25) is 0 Å². The minimum absolute atomic E-state index is 0.254. The fourth-order valence-corrected chi connectivity index (χ4v) is 2.23. The van der Waals surface area contributed by atoms with Crippen LogP contribution in [0, 0.1) is 0 Å². The third kappa shape index (κ3) is 1.70. The van der Waals surface area contributed by atoms with E-state index in [2.05, 4.69) is 0 Å². The molecule has 0 saturated carbocycles. The molecule has 0 amide bonds. The number of ether oxygens (including phenoxy) is 1. The fourth-order valence-electron chi connectivity index (χ4n) is 2.23. The Morgan fingerprint density at radius 2 is 2.29 bits per heavy atom. The Bertz CT molecular complexity index is 564. The van der Waals surface area contributed by atoms with Gasteiger partial charge in [-0.25, -0.2) is 4.79 Å². The number of furan rings is 1. The monoisotopic (exact) mass is 232 g/mol. The smallest absolute Gasteiger partial charge is 0.336 e. The normalized spacial score (nSPS) is 19.9. The van der Waals surface area contributed by atoms with Gasteiger partial charge in [0, 0.05) is 17.9 Å². The minimum Gasteiger partial charge on any atom is -0.478 e. The second-order valence-corrected chi connectivity index (χ2v) is 4.23. The summed E-state index contributed by atoms with van der Waals surface area (Å²) >= 11 is 0. The summed E-state index contributed by atoms with van der Waals surface area (Å²) in [7, 11) is 0. The van der Waals surface area contributed by atoms with E-state index in [0.717, 1.165) is 18.8 Å². The molecule has 2 heterocycles. The first-order chi connectivity index (χ1) is 8.25. The van der Waals surface area contributed by atoms with Gasteiger partial charge in [-0.1, -0.05) is 6.07 Å². The summed E-state index contributed by atoms with van der Waals surface area (Å²) in [6.45, 7) is 1.40. The maximum atomic E-state index is 11.1. The molecule has 3 rings (SSSR count). The standard InChI is InChI=1S/C13H12O4/c14-13(15)9-2-1-3-11-10(9)6-12(17-11)8-4-5-16-7-8/h1-3,6,8H,4-5,7H2,(H,14,15). The molecule has 17 heavy (non-hydrogen) atoms. The molecule has 1 fully saturated rings. The van der Waals surface area contributed by atoms with Crippen LogP contribution in [0.2, 0.25) is 0 Å². The zero-order valence-corrected chi connectivity index (χ0v) is 9.18. The van der Waals surface area contributed by atoms with Crippen LogP contribution in [0.4, 0.5) is 0 Å². The van der Waals surface area contributed by atoms with Gasteiger partial charge in [0.15, 0.2) is 0 Å². The summed E-state index contributed by atoms with van der Waals surface area (Å²) in [6.07, 6.45) is 0.933. The lowest BCUT2D eigenvalue weighted by atomic mass is 10.0. The molecule has 0 radical (unpaired) electrons. The van der Waals surface area contributed by atoms with Crippen LogP contribution in [-0.4, -0.2) is 24.3 Å². The third-order valence-corrected chi connectivity index (χ3v) is 3.14. The van der Waals surface area contributed by atoms with Gasteiger partial charge in [-0.15, -0.1) is 0 Å². The molecule has 1 aromatic heterocycles. The molecule has 1 aliphatic rings. The molecule has 1 aromatic carbocycles. The first kappa shape index (κ1) is 10.4.